The molecule has 2 heteroatoms. The van der Waals surface area contributed by atoms with Crippen molar-refractivity contribution in [2.45, 2.75) is 20.4 Å². The normalized spacial score (nSPS) is 8.38. The lowest BCUT2D eigenvalue weighted by Crippen LogP contribution is -1.99. The molecule has 16 heavy (non-hydrogen) atoms. The summed E-state index contributed by atoms with van der Waals surface area (Å²) in [5.41, 5.74) is 13.9. The molecule has 0 unspecified atom stereocenters. The van der Waals surface area contributed by atoms with Gasteiger partial charge < -0.3 is 4.57 Å². The lowest BCUT2D eigenvalue weighted by atomic mass is 10.3. The quantitative estimate of drug-likeness (QED) is 0.701. The van der Waals surface area contributed by atoms with Gasteiger partial charge in [0.15, 0.2) is 0 Å². The smallest absolute Gasteiger partial charge is 0.0957 e. The molecule has 0 amide bonds. The number of hydrogen-bond donors (Lipinski definition) is 0. The fraction of sp³-hybridized carbons (Fsp3) is 0.214. The van der Waals surface area contributed by atoms with Gasteiger partial charge in [0.1, 0.15) is 0 Å². The van der Waals surface area contributed by atoms with Gasteiger partial charge in [0.2, 0.25) is 0 Å². The zero-order valence-electron chi connectivity index (χ0n) is 9.67. The Hall–Kier alpha value is -2.19. The van der Waals surface area contributed by atoms with Crippen LogP contribution in [0.2, 0.25) is 0 Å². The van der Waals surface area contributed by atoms with Gasteiger partial charge in [-0.15, -0.1) is 5.73 Å². The number of hydrogen-bond acceptors (Lipinski definition) is 1. The molecule has 2 nitrogen and oxygen atoms in total. The van der Waals surface area contributed by atoms with E-state index < -0.39 is 0 Å². The first kappa shape index (κ1) is 11.9. The van der Waals surface area contributed by atoms with Crippen LogP contribution in [0, 0.1) is 6.92 Å². The summed E-state index contributed by atoms with van der Waals surface area (Å²) in [4.78, 5) is 4.25. The summed E-state index contributed by atoms with van der Waals surface area (Å²) >= 11 is 0. The van der Waals surface area contributed by atoms with Crippen molar-refractivity contribution in [2.24, 2.45) is 0 Å². The maximum absolute atomic E-state index is 4.25. The first-order valence-corrected chi connectivity index (χ1v) is 4.92. The highest BCUT2D eigenvalue weighted by Gasteiger charge is 2.03. The molecule has 0 bridgehead atoms. The largest absolute Gasteiger partial charge is 0.326 e. The van der Waals surface area contributed by atoms with Crippen molar-refractivity contribution in [1.82, 2.24) is 9.55 Å². The number of nitrogens with zero attached hydrogens (tertiary/aromatic N) is 2. The van der Waals surface area contributed by atoms with Crippen LogP contribution in [-0.2, 0) is 6.54 Å². The zero-order valence-corrected chi connectivity index (χ0v) is 9.67. The van der Waals surface area contributed by atoms with Crippen LogP contribution in [0.4, 0.5) is 0 Å². The minimum absolute atomic E-state index is 0.732. The minimum atomic E-state index is 0.732. The Kier molecular flexibility index (Phi) is 4.18. The van der Waals surface area contributed by atoms with Gasteiger partial charge >= 0.3 is 0 Å². The van der Waals surface area contributed by atoms with Gasteiger partial charge in [-0.2, -0.15) is 0 Å². The summed E-state index contributed by atoms with van der Waals surface area (Å²) in [6.45, 7) is 11.7. The van der Waals surface area contributed by atoms with E-state index >= 15 is 0 Å². The molecule has 0 N–H and O–H groups in total. The van der Waals surface area contributed by atoms with E-state index in [1.165, 1.54) is 0 Å². The molecular weight excluding hydrogens is 196 g/mol. The molecule has 0 fully saturated rings. The Morgan fingerprint density at radius 1 is 1.56 bits per heavy atom. The van der Waals surface area contributed by atoms with E-state index in [4.69, 9.17) is 0 Å². The SMILES string of the molecule is C=C=C=C=Cc1c(C)ncn1CC(C)=C=C. The van der Waals surface area contributed by atoms with Crippen LogP contribution in [0.25, 0.3) is 6.08 Å². The Morgan fingerprint density at radius 3 is 2.94 bits per heavy atom. The Balaban J connectivity index is 3.17. The average Bonchev–Trinajstić information content (AvgIpc) is 2.61. The van der Waals surface area contributed by atoms with Crippen LogP contribution in [0.3, 0.4) is 0 Å². The molecule has 0 saturated heterocycles. The van der Waals surface area contributed by atoms with Crippen molar-refractivity contribution in [3.05, 3.63) is 59.4 Å². The van der Waals surface area contributed by atoms with Crippen molar-refractivity contribution in [3.63, 3.8) is 0 Å². The van der Waals surface area contributed by atoms with Gasteiger partial charge in [-0.25, -0.2) is 4.98 Å². The standard InChI is InChI=1S/C14H14N2/c1-5-7-8-9-14-13(4)15-11-16(14)10-12(3)6-2/h9,11H,1-2,10H2,3-4H3. The van der Waals surface area contributed by atoms with E-state index in [0.717, 1.165) is 23.5 Å². The number of imidazole rings is 1. The maximum Gasteiger partial charge on any atom is 0.0957 e. The zero-order chi connectivity index (χ0) is 12.0. The fourth-order valence-corrected chi connectivity index (χ4v) is 1.27. The third kappa shape index (κ3) is 2.90. The van der Waals surface area contributed by atoms with Gasteiger partial charge in [-0.3, -0.25) is 0 Å². The van der Waals surface area contributed by atoms with Crippen molar-refractivity contribution < 1.29 is 0 Å². The van der Waals surface area contributed by atoms with Crippen LogP contribution >= 0.6 is 0 Å². The lowest BCUT2D eigenvalue weighted by molar-refractivity contribution is 0.776. The van der Waals surface area contributed by atoms with Gasteiger partial charge in [0, 0.05) is 6.08 Å². The highest BCUT2D eigenvalue weighted by molar-refractivity contribution is 5.47. The van der Waals surface area contributed by atoms with E-state index in [1.807, 2.05) is 24.5 Å². The highest BCUT2D eigenvalue weighted by atomic mass is 15.0. The molecule has 0 aliphatic heterocycles. The molecular formula is C14H14N2. The van der Waals surface area contributed by atoms with E-state index in [1.54, 1.807) is 6.33 Å². The first-order valence-electron chi connectivity index (χ1n) is 4.92. The van der Waals surface area contributed by atoms with Crippen LogP contribution in [-0.4, -0.2) is 9.55 Å². The van der Waals surface area contributed by atoms with Crippen molar-refractivity contribution in [3.8, 4) is 0 Å². The fourth-order valence-electron chi connectivity index (χ4n) is 1.27. The summed E-state index contributed by atoms with van der Waals surface area (Å²) in [6, 6.07) is 0. The van der Waals surface area contributed by atoms with Crippen molar-refractivity contribution in [2.75, 3.05) is 0 Å². The van der Waals surface area contributed by atoms with Crippen LogP contribution in [0.5, 0.6) is 0 Å². The predicted molar refractivity (Wildman–Crippen MR) is 65.9 cm³/mol. The number of aryl methyl sites for hydroxylation is 1. The Labute approximate surface area is 95.9 Å². The molecule has 0 atom stereocenters. The van der Waals surface area contributed by atoms with Crippen LogP contribution in [0.15, 0.2) is 48.0 Å². The summed E-state index contributed by atoms with van der Waals surface area (Å²) in [7, 11) is 0. The molecule has 1 heterocycles. The third-order valence-electron chi connectivity index (χ3n) is 2.15. The first-order chi connectivity index (χ1) is 7.69. The minimum Gasteiger partial charge on any atom is -0.326 e. The molecule has 0 saturated carbocycles. The Morgan fingerprint density at radius 2 is 2.31 bits per heavy atom. The molecule has 0 aromatic carbocycles. The second-order valence-electron chi connectivity index (χ2n) is 3.39. The lowest BCUT2D eigenvalue weighted by Gasteiger charge is -2.03. The van der Waals surface area contributed by atoms with Crippen LogP contribution in [0.1, 0.15) is 18.3 Å². The second-order valence-corrected chi connectivity index (χ2v) is 3.39. The van der Waals surface area contributed by atoms with E-state index in [-0.39, 0.29) is 0 Å². The van der Waals surface area contributed by atoms with Crippen molar-refractivity contribution in [1.29, 1.82) is 0 Å². The van der Waals surface area contributed by atoms with Gasteiger partial charge in [0.05, 0.1) is 24.3 Å². The Bertz CT molecular complexity index is 550. The molecule has 80 valence electrons. The molecule has 1 aromatic rings. The second kappa shape index (κ2) is 5.63. The van der Waals surface area contributed by atoms with E-state index in [9.17, 15) is 0 Å². The van der Waals surface area contributed by atoms with E-state index in [0.29, 0.717) is 0 Å². The molecule has 1 aromatic heterocycles. The van der Waals surface area contributed by atoms with Crippen LogP contribution < -0.4 is 0 Å². The van der Waals surface area contributed by atoms with Gasteiger partial charge in [0.25, 0.3) is 0 Å². The van der Waals surface area contributed by atoms with Crippen molar-refractivity contribution >= 4 is 6.08 Å². The molecule has 0 aliphatic carbocycles. The molecule has 1 rings (SSSR count). The van der Waals surface area contributed by atoms with Gasteiger partial charge in [-0.05, 0) is 31.7 Å². The monoisotopic (exact) mass is 210 g/mol. The molecule has 0 radical (unpaired) electrons. The van der Waals surface area contributed by atoms with E-state index in [2.05, 4.69) is 41.1 Å². The topological polar surface area (TPSA) is 17.8 Å². The summed E-state index contributed by atoms with van der Waals surface area (Å²) < 4.78 is 2.01. The number of aromatic nitrogens is 2. The summed E-state index contributed by atoms with van der Waals surface area (Å²) in [5.74, 6) is 0. The number of allylic oxidation sites excluding steroid dienone is 1. The predicted octanol–water partition coefficient (Wildman–Crippen LogP) is 3.03. The highest BCUT2D eigenvalue weighted by Crippen LogP contribution is 2.10. The molecule has 0 spiro atoms. The third-order valence-corrected chi connectivity index (χ3v) is 2.15. The van der Waals surface area contributed by atoms with Gasteiger partial charge in [-0.1, -0.05) is 18.0 Å². The molecule has 0 aliphatic rings. The summed E-state index contributed by atoms with van der Waals surface area (Å²) in [6.07, 6.45) is 3.61. The number of rotatable bonds is 3. The average molecular weight is 210 g/mol. The maximum atomic E-state index is 4.25. The summed E-state index contributed by atoms with van der Waals surface area (Å²) in [5, 5.41) is 0.